The Morgan fingerprint density at radius 3 is 2.96 bits per heavy atom. The number of nitrogens with zero attached hydrogens (tertiary/aromatic N) is 3. The predicted octanol–water partition coefficient (Wildman–Crippen LogP) is 2.97. The molecule has 7 heteroatoms. The van der Waals surface area contributed by atoms with Gasteiger partial charge in [-0.2, -0.15) is 4.98 Å². The lowest BCUT2D eigenvalue weighted by Crippen LogP contribution is -2.44. The fraction of sp³-hybridized carbons (Fsp3) is 0.412. The topological polar surface area (TPSA) is 67.3 Å². The van der Waals surface area contributed by atoms with Gasteiger partial charge in [0.1, 0.15) is 11.3 Å². The van der Waals surface area contributed by atoms with E-state index in [2.05, 4.69) is 27.4 Å². The van der Waals surface area contributed by atoms with E-state index >= 15 is 0 Å². The van der Waals surface area contributed by atoms with Crippen LogP contribution < -0.4 is 5.32 Å². The average Bonchev–Trinajstić information content (AvgIpc) is 3.21. The molecular weight excluding hydrogens is 328 g/mol. The van der Waals surface area contributed by atoms with Crippen LogP contribution in [0.5, 0.6) is 0 Å². The molecule has 1 N–H and O–H groups in total. The lowest BCUT2D eigenvalue weighted by Gasteiger charge is -2.30. The summed E-state index contributed by atoms with van der Waals surface area (Å²) in [5.41, 5.74) is 0.880. The second-order valence-electron chi connectivity index (χ2n) is 6.10. The molecule has 1 fully saturated rings. The van der Waals surface area contributed by atoms with E-state index in [1.54, 1.807) is 0 Å². The van der Waals surface area contributed by atoms with E-state index in [0.29, 0.717) is 5.89 Å². The van der Waals surface area contributed by atoms with E-state index in [1.165, 1.54) is 0 Å². The molecule has 2 atom stereocenters. The van der Waals surface area contributed by atoms with Crippen LogP contribution in [0, 0.1) is 0 Å². The Bertz CT molecular complexity index is 783. The number of likely N-dealkylation sites (N-methyl/N-ethyl adjacent to an activating group) is 1. The number of rotatable bonds is 3. The molecule has 2 unspecified atom stereocenters. The minimum absolute atomic E-state index is 0. The van der Waals surface area contributed by atoms with Crippen LogP contribution in [0.1, 0.15) is 36.4 Å². The van der Waals surface area contributed by atoms with E-state index in [1.807, 2.05) is 37.3 Å². The number of para-hydroxylation sites is 1. The quantitative estimate of drug-likeness (QED) is 0.785. The van der Waals surface area contributed by atoms with Crippen molar-refractivity contribution in [2.75, 3.05) is 26.7 Å². The maximum Gasteiger partial charge on any atom is 0.237 e. The molecule has 0 aliphatic carbocycles. The summed E-state index contributed by atoms with van der Waals surface area (Å²) in [5, 5.41) is 8.64. The molecule has 3 aromatic rings. The van der Waals surface area contributed by atoms with Gasteiger partial charge in [-0.1, -0.05) is 23.4 Å². The van der Waals surface area contributed by atoms with Crippen molar-refractivity contribution >= 4 is 23.4 Å². The zero-order valence-electron chi connectivity index (χ0n) is 13.7. The first kappa shape index (κ1) is 17.0. The van der Waals surface area contributed by atoms with Crippen molar-refractivity contribution in [1.29, 1.82) is 0 Å². The van der Waals surface area contributed by atoms with Crippen LogP contribution in [0.15, 0.2) is 39.3 Å². The van der Waals surface area contributed by atoms with Gasteiger partial charge in [0.2, 0.25) is 5.89 Å². The Hall–Kier alpha value is -1.89. The van der Waals surface area contributed by atoms with Crippen LogP contribution in [-0.4, -0.2) is 41.7 Å². The minimum Gasteiger partial charge on any atom is -0.460 e. The molecule has 1 aromatic carbocycles. The van der Waals surface area contributed by atoms with Gasteiger partial charge in [-0.05, 0) is 26.1 Å². The van der Waals surface area contributed by atoms with Crippen LogP contribution in [0.2, 0.25) is 0 Å². The Kier molecular flexibility index (Phi) is 4.89. The number of furan rings is 1. The highest BCUT2D eigenvalue weighted by atomic mass is 35.5. The SMILES string of the molecule is CC(c1cc2ccccc2o1)c1nc(C2CNCCN2C)no1.Cl. The van der Waals surface area contributed by atoms with Crippen LogP contribution in [0.25, 0.3) is 11.0 Å². The van der Waals surface area contributed by atoms with Crippen molar-refractivity contribution in [3.05, 3.63) is 47.8 Å². The number of nitrogens with one attached hydrogen (secondary N) is 1. The second-order valence-corrected chi connectivity index (χ2v) is 6.10. The first-order valence-corrected chi connectivity index (χ1v) is 7.95. The van der Waals surface area contributed by atoms with Gasteiger partial charge >= 0.3 is 0 Å². The van der Waals surface area contributed by atoms with Crippen molar-refractivity contribution < 1.29 is 8.94 Å². The van der Waals surface area contributed by atoms with Crippen molar-refractivity contribution in [2.45, 2.75) is 18.9 Å². The number of aromatic nitrogens is 2. The van der Waals surface area contributed by atoms with Crippen LogP contribution in [0.3, 0.4) is 0 Å². The van der Waals surface area contributed by atoms with E-state index in [-0.39, 0.29) is 24.4 Å². The first-order valence-electron chi connectivity index (χ1n) is 7.95. The molecule has 1 saturated heterocycles. The third kappa shape index (κ3) is 3.05. The normalized spacial score (nSPS) is 20.0. The van der Waals surface area contributed by atoms with Crippen molar-refractivity contribution in [3.8, 4) is 0 Å². The third-order valence-corrected chi connectivity index (χ3v) is 4.51. The van der Waals surface area contributed by atoms with Crippen LogP contribution in [0.4, 0.5) is 0 Å². The maximum atomic E-state index is 5.91. The summed E-state index contributed by atoms with van der Waals surface area (Å²) in [5.74, 6) is 2.11. The molecule has 6 nitrogen and oxygen atoms in total. The van der Waals surface area contributed by atoms with Gasteiger partial charge in [0.25, 0.3) is 0 Å². The second kappa shape index (κ2) is 6.93. The first-order chi connectivity index (χ1) is 11.2. The van der Waals surface area contributed by atoms with Crippen LogP contribution in [-0.2, 0) is 0 Å². The Balaban J connectivity index is 0.00000169. The fourth-order valence-electron chi connectivity index (χ4n) is 2.99. The smallest absolute Gasteiger partial charge is 0.237 e. The molecule has 3 heterocycles. The number of benzene rings is 1. The van der Waals surface area contributed by atoms with E-state index in [4.69, 9.17) is 8.94 Å². The molecule has 24 heavy (non-hydrogen) atoms. The summed E-state index contributed by atoms with van der Waals surface area (Å²) in [7, 11) is 2.09. The van der Waals surface area contributed by atoms with Crippen molar-refractivity contribution in [1.82, 2.24) is 20.4 Å². The summed E-state index contributed by atoms with van der Waals surface area (Å²) in [6.45, 7) is 4.84. The molecule has 4 rings (SSSR count). The van der Waals surface area contributed by atoms with E-state index in [0.717, 1.165) is 42.2 Å². The Morgan fingerprint density at radius 2 is 2.17 bits per heavy atom. The van der Waals surface area contributed by atoms with Gasteiger partial charge < -0.3 is 14.3 Å². The standard InChI is InChI=1S/C17H20N4O2.ClH/c1-11(15-9-12-5-3-4-6-14(12)22-15)17-19-16(20-23-17)13-10-18-7-8-21(13)2;/h3-6,9,11,13,18H,7-8,10H2,1-2H3;1H. The highest BCUT2D eigenvalue weighted by Gasteiger charge is 2.27. The van der Waals surface area contributed by atoms with Gasteiger partial charge in [0, 0.05) is 25.0 Å². The van der Waals surface area contributed by atoms with E-state index in [9.17, 15) is 0 Å². The molecule has 0 saturated carbocycles. The highest BCUT2D eigenvalue weighted by molar-refractivity contribution is 5.85. The molecule has 0 spiro atoms. The number of halogens is 1. The average molecular weight is 349 g/mol. The van der Waals surface area contributed by atoms with Gasteiger partial charge in [-0.3, -0.25) is 4.90 Å². The summed E-state index contributed by atoms with van der Waals surface area (Å²) < 4.78 is 11.4. The molecule has 2 aromatic heterocycles. The zero-order valence-corrected chi connectivity index (χ0v) is 14.5. The molecule has 0 bridgehead atoms. The molecule has 128 valence electrons. The van der Waals surface area contributed by atoms with Gasteiger partial charge in [-0.25, -0.2) is 0 Å². The minimum atomic E-state index is -0.0643. The zero-order chi connectivity index (χ0) is 15.8. The number of hydrogen-bond acceptors (Lipinski definition) is 6. The molecule has 0 amide bonds. The van der Waals surface area contributed by atoms with Crippen LogP contribution >= 0.6 is 12.4 Å². The third-order valence-electron chi connectivity index (χ3n) is 4.51. The van der Waals surface area contributed by atoms with Crippen molar-refractivity contribution in [2.24, 2.45) is 0 Å². The Labute approximate surface area is 146 Å². The maximum absolute atomic E-state index is 5.91. The summed E-state index contributed by atoms with van der Waals surface area (Å²) in [6, 6.07) is 10.2. The van der Waals surface area contributed by atoms with Crippen molar-refractivity contribution in [3.63, 3.8) is 0 Å². The van der Waals surface area contributed by atoms with E-state index < -0.39 is 0 Å². The Morgan fingerprint density at radius 1 is 1.33 bits per heavy atom. The molecular formula is C17H21ClN4O2. The number of piperazine rings is 1. The summed E-state index contributed by atoms with van der Waals surface area (Å²) in [6.07, 6.45) is 0. The summed E-state index contributed by atoms with van der Waals surface area (Å²) in [4.78, 5) is 6.86. The number of hydrogen-bond donors (Lipinski definition) is 1. The molecule has 1 aliphatic rings. The monoisotopic (exact) mass is 348 g/mol. The molecule has 1 aliphatic heterocycles. The fourth-order valence-corrected chi connectivity index (χ4v) is 2.99. The van der Waals surface area contributed by atoms with Gasteiger partial charge in [0.05, 0.1) is 12.0 Å². The molecule has 0 radical (unpaired) electrons. The van der Waals surface area contributed by atoms with Gasteiger partial charge in [-0.15, -0.1) is 12.4 Å². The largest absolute Gasteiger partial charge is 0.460 e. The predicted molar refractivity (Wildman–Crippen MR) is 93.5 cm³/mol. The highest BCUT2D eigenvalue weighted by Crippen LogP contribution is 2.29. The lowest BCUT2D eigenvalue weighted by molar-refractivity contribution is 0.190. The lowest BCUT2D eigenvalue weighted by atomic mass is 10.1. The number of fused-ring (bicyclic) bond motifs is 1. The van der Waals surface area contributed by atoms with Gasteiger partial charge in [0.15, 0.2) is 5.82 Å². The summed E-state index contributed by atoms with van der Waals surface area (Å²) >= 11 is 0.